The van der Waals surface area contributed by atoms with Crippen LogP contribution in [0.1, 0.15) is 42.4 Å². The van der Waals surface area contributed by atoms with Crippen LogP contribution in [0.15, 0.2) is 53.6 Å². The van der Waals surface area contributed by atoms with Gasteiger partial charge in [0.05, 0.1) is 17.4 Å². The summed E-state index contributed by atoms with van der Waals surface area (Å²) in [6.07, 6.45) is 6.71. The lowest BCUT2D eigenvalue weighted by Gasteiger charge is -2.35. The number of piperidine rings is 1. The summed E-state index contributed by atoms with van der Waals surface area (Å²) in [5.41, 5.74) is 3.66. The van der Waals surface area contributed by atoms with Crippen molar-refractivity contribution in [2.45, 2.75) is 38.8 Å². The normalized spacial score (nSPS) is 17.7. The number of nitrogens with zero attached hydrogens (tertiary/aromatic N) is 4. The van der Waals surface area contributed by atoms with Gasteiger partial charge in [0.1, 0.15) is 5.82 Å². The first-order valence-electron chi connectivity index (χ1n) is 9.37. The molecule has 1 N–H and O–H groups in total. The van der Waals surface area contributed by atoms with Gasteiger partial charge in [-0.1, -0.05) is 12.5 Å². The minimum Gasteiger partial charge on any atom is -0.307 e. The van der Waals surface area contributed by atoms with Gasteiger partial charge in [-0.3, -0.25) is 19.7 Å². The van der Waals surface area contributed by atoms with E-state index in [1.54, 1.807) is 18.5 Å². The Labute approximate surface area is 158 Å². The highest BCUT2D eigenvalue weighted by Gasteiger charge is 2.26. The van der Waals surface area contributed by atoms with E-state index in [4.69, 9.17) is 4.98 Å². The number of aryl methyl sites for hydroxylation is 1. The highest BCUT2D eigenvalue weighted by atomic mass is 16.1. The fraction of sp³-hybridized carbons (Fsp3) is 0.333. The number of hydrogen-bond donors (Lipinski definition) is 1. The van der Waals surface area contributed by atoms with Gasteiger partial charge in [0, 0.05) is 36.3 Å². The van der Waals surface area contributed by atoms with E-state index in [1.807, 2.05) is 31.2 Å². The van der Waals surface area contributed by atoms with Crippen molar-refractivity contribution in [2.24, 2.45) is 0 Å². The number of aromatic nitrogens is 4. The predicted molar refractivity (Wildman–Crippen MR) is 104 cm³/mol. The Hall–Kier alpha value is -2.86. The summed E-state index contributed by atoms with van der Waals surface area (Å²) in [6.45, 7) is 3.77. The van der Waals surface area contributed by atoms with Crippen LogP contribution >= 0.6 is 0 Å². The van der Waals surface area contributed by atoms with E-state index >= 15 is 0 Å². The van der Waals surface area contributed by atoms with Gasteiger partial charge in [-0.05, 0) is 50.6 Å². The molecule has 1 atom stereocenters. The molecule has 4 heterocycles. The van der Waals surface area contributed by atoms with Crippen LogP contribution in [-0.2, 0) is 6.54 Å². The van der Waals surface area contributed by atoms with Crippen LogP contribution in [0.25, 0.3) is 11.4 Å². The number of nitrogens with one attached hydrogen (secondary N) is 1. The zero-order valence-corrected chi connectivity index (χ0v) is 15.4. The molecule has 0 radical (unpaired) electrons. The summed E-state index contributed by atoms with van der Waals surface area (Å²) in [5, 5.41) is 0. The molecule has 6 nitrogen and oxygen atoms in total. The first kappa shape index (κ1) is 17.5. The second-order valence-electron chi connectivity index (χ2n) is 7.01. The van der Waals surface area contributed by atoms with E-state index in [0.29, 0.717) is 5.82 Å². The lowest BCUT2D eigenvalue weighted by atomic mass is 9.98. The molecule has 0 aromatic carbocycles. The zero-order valence-electron chi connectivity index (χ0n) is 15.4. The Kier molecular flexibility index (Phi) is 5.07. The van der Waals surface area contributed by atoms with Gasteiger partial charge in [0.15, 0.2) is 0 Å². The van der Waals surface area contributed by atoms with Crippen molar-refractivity contribution in [1.82, 2.24) is 24.8 Å². The Balaban J connectivity index is 1.65. The lowest BCUT2D eigenvalue weighted by molar-refractivity contribution is 0.135. The molecule has 4 rings (SSSR count). The fourth-order valence-electron chi connectivity index (χ4n) is 3.70. The minimum atomic E-state index is -0.119. The smallest absolute Gasteiger partial charge is 0.251 e. The van der Waals surface area contributed by atoms with E-state index in [2.05, 4.69) is 25.9 Å². The summed E-state index contributed by atoms with van der Waals surface area (Å²) < 4.78 is 0. The second-order valence-corrected chi connectivity index (χ2v) is 7.01. The molecule has 0 bridgehead atoms. The Morgan fingerprint density at radius 1 is 1.15 bits per heavy atom. The summed E-state index contributed by atoms with van der Waals surface area (Å²) in [5.74, 6) is 0.596. The topological polar surface area (TPSA) is 74.8 Å². The molecule has 138 valence electrons. The molecule has 1 aliphatic rings. The Morgan fingerprint density at radius 2 is 2.00 bits per heavy atom. The predicted octanol–water partition coefficient (Wildman–Crippen LogP) is 3.26. The number of pyridine rings is 2. The maximum Gasteiger partial charge on any atom is 0.251 e. The second kappa shape index (κ2) is 7.80. The molecule has 0 amide bonds. The first-order valence-corrected chi connectivity index (χ1v) is 9.37. The maximum absolute atomic E-state index is 12.3. The third kappa shape index (κ3) is 4.11. The van der Waals surface area contributed by atoms with Gasteiger partial charge in [0.25, 0.3) is 5.56 Å². The monoisotopic (exact) mass is 361 g/mol. The van der Waals surface area contributed by atoms with Gasteiger partial charge in [0.2, 0.25) is 0 Å². The van der Waals surface area contributed by atoms with Gasteiger partial charge >= 0.3 is 0 Å². The van der Waals surface area contributed by atoms with E-state index in [0.717, 1.165) is 55.0 Å². The third-order valence-corrected chi connectivity index (χ3v) is 4.98. The van der Waals surface area contributed by atoms with E-state index in [-0.39, 0.29) is 11.6 Å². The zero-order chi connectivity index (χ0) is 18.6. The number of hydrogen-bond acceptors (Lipinski definition) is 5. The maximum atomic E-state index is 12.3. The number of likely N-dealkylation sites (tertiary alicyclic amines) is 1. The molecular weight excluding hydrogens is 338 g/mol. The van der Waals surface area contributed by atoms with E-state index < -0.39 is 0 Å². The number of H-pyrrole nitrogens is 1. The first-order chi connectivity index (χ1) is 13.2. The highest BCUT2D eigenvalue weighted by molar-refractivity contribution is 5.53. The Bertz CT molecular complexity index is 970. The van der Waals surface area contributed by atoms with Crippen molar-refractivity contribution in [3.05, 3.63) is 76.2 Å². The van der Waals surface area contributed by atoms with Crippen LogP contribution in [-0.4, -0.2) is 31.4 Å². The van der Waals surface area contributed by atoms with Crippen molar-refractivity contribution in [3.8, 4) is 11.4 Å². The van der Waals surface area contributed by atoms with Crippen LogP contribution in [0.2, 0.25) is 0 Å². The fourth-order valence-corrected chi connectivity index (χ4v) is 3.70. The number of rotatable bonds is 4. The molecule has 0 aliphatic carbocycles. The van der Waals surface area contributed by atoms with E-state index in [1.165, 1.54) is 0 Å². The average molecular weight is 361 g/mol. The SMILES string of the molecule is Cc1cccc(CN2CCCC[C@@H]2c2cc(=O)[nH]c(-c3ccncc3)n2)n1. The van der Waals surface area contributed by atoms with Crippen LogP contribution in [0, 0.1) is 6.92 Å². The third-order valence-electron chi connectivity index (χ3n) is 4.98. The van der Waals surface area contributed by atoms with E-state index in [9.17, 15) is 4.79 Å². The lowest BCUT2D eigenvalue weighted by Crippen LogP contribution is -2.34. The van der Waals surface area contributed by atoms with Crippen molar-refractivity contribution >= 4 is 0 Å². The van der Waals surface area contributed by atoms with Gasteiger partial charge in [-0.15, -0.1) is 0 Å². The van der Waals surface area contributed by atoms with Crippen LogP contribution in [0.3, 0.4) is 0 Å². The minimum absolute atomic E-state index is 0.119. The standard InChI is InChI=1S/C21H23N5O/c1-15-5-4-6-17(23-15)14-26-12-3-2-7-19(26)18-13-20(27)25-21(24-18)16-8-10-22-11-9-16/h4-6,8-11,13,19H,2-3,7,12,14H2,1H3,(H,24,25,27)/t19-/m1/s1. The molecule has 0 unspecified atom stereocenters. The molecule has 3 aromatic rings. The summed E-state index contributed by atoms with van der Waals surface area (Å²) in [7, 11) is 0. The molecule has 3 aromatic heterocycles. The quantitative estimate of drug-likeness (QED) is 0.772. The van der Waals surface area contributed by atoms with Crippen molar-refractivity contribution in [1.29, 1.82) is 0 Å². The molecule has 1 saturated heterocycles. The number of aromatic amines is 1. The average Bonchev–Trinajstić information content (AvgIpc) is 2.69. The van der Waals surface area contributed by atoms with Gasteiger partial charge in [-0.2, -0.15) is 0 Å². The van der Waals surface area contributed by atoms with Crippen molar-refractivity contribution in [3.63, 3.8) is 0 Å². The molecule has 0 saturated carbocycles. The van der Waals surface area contributed by atoms with Crippen LogP contribution < -0.4 is 5.56 Å². The summed E-state index contributed by atoms with van der Waals surface area (Å²) >= 11 is 0. The molecule has 1 aliphatic heterocycles. The van der Waals surface area contributed by atoms with Gasteiger partial charge in [-0.25, -0.2) is 4.98 Å². The molecule has 1 fully saturated rings. The molecule has 0 spiro atoms. The Morgan fingerprint density at radius 3 is 2.81 bits per heavy atom. The summed E-state index contributed by atoms with van der Waals surface area (Å²) in [4.78, 5) is 31.0. The highest BCUT2D eigenvalue weighted by Crippen LogP contribution is 2.31. The molecule has 27 heavy (non-hydrogen) atoms. The van der Waals surface area contributed by atoms with Crippen LogP contribution in [0.4, 0.5) is 0 Å². The van der Waals surface area contributed by atoms with Crippen LogP contribution in [0.5, 0.6) is 0 Å². The molecule has 6 heteroatoms. The van der Waals surface area contributed by atoms with Crippen molar-refractivity contribution in [2.75, 3.05) is 6.54 Å². The largest absolute Gasteiger partial charge is 0.307 e. The van der Waals surface area contributed by atoms with Crippen molar-refractivity contribution < 1.29 is 0 Å². The van der Waals surface area contributed by atoms with Gasteiger partial charge < -0.3 is 4.98 Å². The summed E-state index contributed by atoms with van der Waals surface area (Å²) in [6, 6.07) is 11.6. The molecular formula is C21H23N5O.